The van der Waals surface area contributed by atoms with Gasteiger partial charge in [-0.05, 0) is 33.7 Å². The maximum absolute atomic E-state index is 12.0. The van der Waals surface area contributed by atoms with E-state index >= 15 is 0 Å². The molecule has 0 aromatic carbocycles. The molecule has 0 aromatic rings. The second-order valence-electron chi connectivity index (χ2n) is 4.85. The standard InChI is InChI=1S/C11H22N2O2/c1-4-13(8-11(2,3)15)10(14)9-5-6-12-7-9/h9,12,15H,4-8H2,1-3H3. The lowest BCUT2D eigenvalue weighted by Gasteiger charge is -2.29. The number of rotatable bonds is 4. The minimum atomic E-state index is -0.808. The van der Waals surface area contributed by atoms with Crippen LogP contribution in [0.5, 0.6) is 0 Å². The first kappa shape index (κ1) is 12.5. The SMILES string of the molecule is CCN(CC(C)(C)O)C(=O)C1CCNC1. The molecule has 88 valence electrons. The monoisotopic (exact) mass is 214 g/mol. The molecule has 0 aliphatic carbocycles. The van der Waals surface area contributed by atoms with Crippen molar-refractivity contribution >= 4 is 5.91 Å². The van der Waals surface area contributed by atoms with Crippen LogP contribution in [0.25, 0.3) is 0 Å². The molecule has 1 fully saturated rings. The van der Waals surface area contributed by atoms with Gasteiger partial charge in [-0.15, -0.1) is 0 Å². The van der Waals surface area contributed by atoms with Gasteiger partial charge in [0.1, 0.15) is 0 Å². The van der Waals surface area contributed by atoms with E-state index in [1.807, 2.05) is 6.92 Å². The minimum absolute atomic E-state index is 0.104. The van der Waals surface area contributed by atoms with Gasteiger partial charge in [-0.25, -0.2) is 0 Å². The van der Waals surface area contributed by atoms with E-state index in [1.165, 1.54) is 0 Å². The van der Waals surface area contributed by atoms with Crippen LogP contribution in [-0.4, -0.2) is 47.7 Å². The van der Waals surface area contributed by atoms with Crippen LogP contribution in [0, 0.1) is 5.92 Å². The van der Waals surface area contributed by atoms with Crippen molar-refractivity contribution in [3.8, 4) is 0 Å². The summed E-state index contributed by atoms with van der Waals surface area (Å²) in [4.78, 5) is 13.8. The maximum Gasteiger partial charge on any atom is 0.227 e. The number of nitrogens with one attached hydrogen (secondary N) is 1. The quantitative estimate of drug-likeness (QED) is 0.703. The van der Waals surface area contributed by atoms with Crippen molar-refractivity contribution in [3.63, 3.8) is 0 Å². The minimum Gasteiger partial charge on any atom is -0.389 e. The Morgan fingerprint density at radius 1 is 1.60 bits per heavy atom. The molecule has 1 saturated heterocycles. The maximum atomic E-state index is 12.0. The van der Waals surface area contributed by atoms with Crippen LogP contribution >= 0.6 is 0 Å². The normalized spacial score (nSPS) is 21.7. The molecule has 1 unspecified atom stereocenters. The molecule has 2 N–H and O–H groups in total. The van der Waals surface area contributed by atoms with Crippen molar-refractivity contribution in [2.24, 2.45) is 5.92 Å². The molecule has 0 saturated carbocycles. The fourth-order valence-electron chi connectivity index (χ4n) is 1.94. The van der Waals surface area contributed by atoms with Crippen molar-refractivity contribution in [2.45, 2.75) is 32.8 Å². The number of carbonyl (C=O) groups is 1. The molecule has 4 heteroatoms. The van der Waals surface area contributed by atoms with Gasteiger partial charge >= 0.3 is 0 Å². The average molecular weight is 214 g/mol. The van der Waals surface area contributed by atoms with Crippen LogP contribution in [-0.2, 0) is 4.79 Å². The van der Waals surface area contributed by atoms with Gasteiger partial charge in [0.25, 0.3) is 0 Å². The molecule has 1 aliphatic heterocycles. The highest BCUT2D eigenvalue weighted by Gasteiger charge is 2.29. The number of hydrogen-bond donors (Lipinski definition) is 2. The van der Waals surface area contributed by atoms with E-state index in [9.17, 15) is 9.90 Å². The second kappa shape index (κ2) is 4.94. The first-order chi connectivity index (χ1) is 6.94. The Morgan fingerprint density at radius 3 is 2.67 bits per heavy atom. The van der Waals surface area contributed by atoms with E-state index in [1.54, 1.807) is 18.7 Å². The lowest BCUT2D eigenvalue weighted by atomic mass is 10.0. The number of hydrogen-bond acceptors (Lipinski definition) is 3. The van der Waals surface area contributed by atoms with E-state index in [0.717, 1.165) is 19.5 Å². The third kappa shape index (κ3) is 3.80. The van der Waals surface area contributed by atoms with Crippen LogP contribution in [0.1, 0.15) is 27.2 Å². The zero-order valence-corrected chi connectivity index (χ0v) is 9.92. The third-order valence-electron chi connectivity index (χ3n) is 2.68. The Labute approximate surface area is 91.6 Å². The summed E-state index contributed by atoms with van der Waals surface area (Å²) in [7, 11) is 0. The second-order valence-corrected chi connectivity index (χ2v) is 4.85. The first-order valence-corrected chi connectivity index (χ1v) is 5.66. The van der Waals surface area contributed by atoms with Gasteiger partial charge in [-0.3, -0.25) is 4.79 Å². The van der Waals surface area contributed by atoms with Crippen LogP contribution in [0.2, 0.25) is 0 Å². The average Bonchev–Trinajstić information content (AvgIpc) is 2.64. The summed E-state index contributed by atoms with van der Waals surface area (Å²) in [5.41, 5.74) is -0.808. The summed E-state index contributed by atoms with van der Waals surface area (Å²) in [5.74, 6) is 0.275. The number of amides is 1. The molecular formula is C11H22N2O2. The Morgan fingerprint density at radius 2 is 2.27 bits per heavy atom. The molecule has 4 nitrogen and oxygen atoms in total. The van der Waals surface area contributed by atoms with Crippen molar-refractivity contribution in [1.82, 2.24) is 10.2 Å². The van der Waals surface area contributed by atoms with Gasteiger partial charge in [-0.2, -0.15) is 0 Å². The topological polar surface area (TPSA) is 52.6 Å². The van der Waals surface area contributed by atoms with E-state index in [4.69, 9.17) is 0 Å². The molecule has 0 radical (unpaired) electrons. The van der Waals surface area contributed by atoms with Crippen molar-refractivity contribution in [1.29, 1.82) is 0 Å². The Bertz CT molecular complexity index is 217. The molecular weight excluding hydrogens is 192 g/mol. The van der Waals surface area contributed by atoms with Gasteiger partial charge in [0, 0.05) is 19.6 Å². The molecule has 1 aliphatic rings. The van der Waals surface area contributed by atoms with Gasteiger partial charge < -0.3 is 15.3 Å². The summed E-state index contributed by atoms with van der Waals surface area (Å²) >= 11 is 0. The predicted molar refractivity (Wildman–Crippen MR) is 59.5 cm³/mol. The molecule has 15 heavy (non-hydrogen) atoms. The van der Waals surface area contributed by atoms with Crippen LogP contribution in [0.3, 0.4) is 0 Å². The summed E-state index contributed by atoms with van der Waals surface area (Å²) in [6, 6.07) is 0. The van der Waals surface area contributed by atoms with Crippen LogP contribution < -0.4 is 5.32 Å². The number of likely N-dealkylation sites (N-methyl/N-ethyl adjacent to an activating group) is 1. The molecule has 1 atom stereocenters. The third-order valence-corrected chi connectivity index (χ3v) is 2.68. The molecule has 1 rings (SSSR count). The number of nitrogens with zero attached hydrogens (tertiary/aromatic N) is 1. The smallest absolute Gasteiger partial charge is 0.227 e. The van der Waals surface area contributed by atoms with E-state index in [-0.39, 0.29) is 11.8 Å². The molecule has 1 heterocycles. The highest BCUT2D eigenvalue weighted by Crippen LogP contribution is 2.14. The predicted octanol–water partition coefficient (Wildman–Crippen LogP) is 0.215. The number of aliphatic hydroxyl groups is 1. The molecule has 0 spiro atoms. The van der Waals surface area contributed by atoms with E-state index in [2.05, 4.69) is 5.32 Å². The largest absolute Gasteiger partial charge is 0.389 e. The zero-order valence-electron chi connectivity index (χ0n) is 9.92. The molecule has 1 amide bonds. The molecule has 0 bridgehead atoms. The van der Waals surface area contributed by atoms with Crippen molar-refractivity contribution in [3.05, 3.63) is 0 Å². The molecule has 0 aromatic heterocycles. The fraction of sp³-hybridized carbons (Fsp3) is 0.909. The fourth-order valence-corrected chi connectivity index (χ4v) is 1.94. The van der Waals surface area contributed by atoms with E-state index < -0.39 is 5.60 Å². The Balaban J connectivity index is 2.53. The van der Waals surface area contributed by atoms with Gasteiger partial charge in [-0.1, -0.05) is 0 Å². The Kier molecular flexibility index (Phi) is 4.11. The van der Waals surface area contributed by atoms with Crippen LogP contribution in [0.4, 0.5) is 0 Å². The van der Waals surface area contributed by atoms with Gasteiger partial charge in [0.2, 0.25) is 5.91 Å². The summed E-state index contributed by atoms with van der Waals surface area (Å²) in [6.45, 7) is 8.20. The van der Waals surface area contributed by atoms with Crippen LogP contribution in [0.15, 0.2) is 0 Å². The number of carbonyl (C=O) groups excluding carboxylic acids is 1. The lowest BCUT2D eigenvalue weighted by molar-refractivity contribution is -0.137. The lowest BCUT2D eigenvalue weighted by Crippen LogP contribution is -2.45. The Hall–Kier alpha value is -0.610. The van der Waals surface area contributed by atoms with Gasteiger partial charge in [0.15, 0.2) is 0 Å². The van der Waals surface area contributed by atoms with Gasteiger partial charge in [0.05, 0.1) is 11.5 Å². The van der Waals surface area contributed by atoms with Crippen molar-refractivity contribution < 1.29 is 9.90 Å². The summed E-state index contributed by atoms with van der Waals surface area (Å²) in [5, 5.41) is 12.9. The summed E-state index contributed by atoms with van der Waals surface area (Å²) < 4.78 is 0. The zero-order chi connectivity index (χ0) is 11.5. The summed E-state index contributed by atoms with van der Waals surface area (Å²) in [6.07, 6.45) is 0.918. The highest BCUT2D eigenvalue weighted by atomic mass is 16.3. The highest BCUT2D eigenvalue weighted by molar-refractivity contribution is 5.79. The first-order valence-electron chi connectivity index (χ1n) is 5.66. The van der Waals surface area contributed by atoms with E-state index in [0.29, 0.717) is 13.1 Å². The van der Waals surface area contributed by atoms with Crippen molar-refractivity contribution in [2.75, 3.05) is 26.2 Å².